The summed E-state index contributed by atoms with van der Waals surface area (Å²) in [5.74, 6) is 0. The molecule has 1 aliphatic rings. The number of aromatic nitrogens is 2. The van der Waals surface area contributed by atoms with Crippen molar-refractivity contribution >= 4 is 0 Å². The van der Waals surface area contributed by atoms with Gasteiger partial charge >= 0.3 is 0 Å². The number of imidazole rings is 1. The van der Waals surface area contributed by atoms with Gasteiger partial charge in [0.2, 0.25) is 0 Å². The maximum Gasteiger partial charge on any atom is 0.0948 e. The largest absolute Gasteiger partial charge is 0.381 e. The molecule has 1 aromatic heterocycles. The molecule has 0 aromatic carbocycles. The third-order valence-corrected chi connectivity index (χ3v) is 3.78. The molecule has 0 spiro atoms. The van der Waals surface area contributed by atoms with Crippen molar-refractivity contribution < 1.29 is 4.74 Å². The average molecular weight is 251 g/mol. The van der Waals surface area contributed by atoms with Gasteiger partial charge < -0.3 is 14.6 Å². The number of hydrogen-bond donors (Lipinski definition) is 1. The van der Waals surface area contributed by atoms with Gasteiger partial charge in [0.1, 0.15) is 0 Å². The van der Waals surface area contributed by atoms with E-state index in [0.29, 0.717) is 5.41 Å². The van der Waals surface area contributed by atoms with Gasteiger partial charge in [0, 0.05) is 32.5 Å². The topological polar surface area (TPSA) is 39.1 Å². The molecule has 0 bridgehead atoms. The predicted molar refractivity (Wildman–Crippen MR) is 72.4 cm³/mol. The molecule has 1 fully saturated rings. The van der Waals surface area contributed by atoms with Crippen LogP contribution in [0.1, 0.15) is 38.8 Å². The van der Waals surface area contributed by atoms with Crippen LogP contribution in [0.5, 0.6) is 0 Å². The normalized spacial score (nSPS) is 19.0. The Hall–Kier alpha value is -0.870. The summed E-state index contributed by atoms with van der Waals surface area (Å²) < 4.78 is 7.76. The van der Waals surface area contributed by atoms with Crippen molar-refractivity contribution in [1.82, 2.24) is 14.9 Å². The summed E-state index contributed by atoms with van der Waals surface area (Å²) in [6.45, 7) is 9.38. The zero-order valence-corrected chi connectivity index (χ0v) is 11.6. The van der Waals surface area contributed by atoms with Crippen LogP contribution in [0.25, 0.3) is 0 Å². The Balaban J connectivity index is 1.93. The Morgan fingerprint density at radius 3 is 2.94 bits per heavy atom. The lowest BCUT2D eigenvalue weighted by Gasteiger charge is -2.34. The van der Waals surface area contributed by atoms with Gasteiger partial charge in [-0.15, -0.1) is 0 Å². The van der Waals surface area contributed by atoms with Crippen LogP contribution in [-0.2, 0) is 17.8 Å². The van der Waals surface area contributed by atoms with E-state index in [9.17, 15) is 0 Å². The summed E-state index contributed by atoms with van der Waals surface area (Å²) in [5, 5.41) is 3.44. The third-order valence-electron chi connectivity index (χ3n) is 3.78. The van der Waals surface area contributed by atoms with Gasteiger partial charge in [-0.1, -0.05) is 13.8 Å². The highest BCUT2D eigenvalue weighted by atomic mass is 16.5. The van der Waals surface area contributed by atoms with Crippen molar-refractivity contribution in [2.75, 3.05) is 19.8 Å². The second-order valence-electron chi connectivity index (χ2n) is 5.61. The highest BCUT2D eigenvalue weighted by molar-refractivity contribution is 4.99. The van der Waals surface area contributed by atoms with Gasteiger partial charge in [-0.3, -0.25) is 0 Å². The minimum atomic E-state index is 0.360. The highest BCUT2D eigenvalue weighted by Gasteiger charge is 2.28. The molecule has 4 heteroatoms. The second kappa shape index (κ2) is 6.34. The number of hydrogen-bond acceptors (Lipinski definition) is 3. The molecule has 102 valence electrons. The monoisotopic (exact) mass is 251 g/mol. The molecule has 0 amide bonds. The van der Waals surface area contributed by atoms with Gasteiger partial charge in [0.15, 0.2) is 0 Å². The van der Waals surface area contributed by atoms with Crippen LogP contribution in [0.2, 0.25) is 0 Å². The van der Waals surface area contributed by atoms with E-state index in [0.717, 1.165) is 45.7 Å². The van der Waals surface area contributed by atoms with E-state index in [1.54, 1.807) is 0 Å². The fourth-order valence-corrected chi connectivity index (χ4v) is 2.46. The number of rotatable bonds is 6. The Morgan fingerprint density at radius 1 is 1.44 bits per heavy atom. The molecule has 1 saturated heterocycles. The van der Waals surface area contributed by atoms with Crippen molar-refractivity contribution in [1.29, 1.82) is 0 Å². The zero-order valence-electron chi connectivity index (χ0n) is 11.6. The Morgan fingerprint density at radius 2 is 2.22 bits per heavy atom. The number of nitrogens with zero attached hydrogens (tertiary/aromatic N) is 2. The molecule has 18 heavy (non-hydrogen) atoms. The molecule has 0 saturated carbocycles. The van der Waals surface area contributed by atoms with Crippen LogP contribution in [0.3, 0.4) is 0 Å². The van der Waals surface area contributed by atoms with Gasteiger partial charge in [0.05, 0.1) is 12.0 Å². The lowest BCUT2D eigenvalue weighted by atomic mass is 9.82. The van der Waals surface area contributed by atoms with E-state index in [1.165, 1.54) is 12.1 Å². The van der Waals surface area contributed by atoms with Crippen molar-refractivity contribution in [2.45, 2.75) is 46.2 Å². The minimum absolute atomic E-state index is 0.360. The van der Waals surface area contributed by atoms with Crippen LogP contribution in [0, 0.1) is 5.41 Å². The Labute approximate surface area is 110 Å². The van der Waals surface area contributed by atoms with Gasteiger partial charge in [-0.05, 0) is 31.2 Å². The van der Waals surface area contributed by atoms with E-state index in [4.69, 9.17) is 4.74 Å². The molecule has 0 aliphatic carbocycles. The molecule has 1 N–H and O–H groups in total. The van der Waals surface area contributed by atoms with E-state index < -0.39 is 0 Å². The number of ether oxygens (including phenoxy) is 1. The summed E-state index contributed by atoms with van der Waals surface area (Å²) in [6, 6.07) is 0. The van der Waals surface area contributed by atoms with E-state index in [-0.39, 0.29) is 0 Å². The first kappa shape index (κ1) is 13.6. The Kier molecular flexibility index (Phi) is 4.78. The van der Waals surface area contributed by atoms with Gasteiger partial charge in [-0.2, -0.15) is 0 Å². The minimum Gasteiger partial charge on any atom is -0.381 e. The first-order chi connectivity index (χ1) is 8.73. The summed E-state index contributed by atoms with van der Waals surface area (Å²) in [7, 11) is 0. The molecular weight excluding hydrogens is 226 g/mol. The van der Waals surface area contributed by atoms with E-state index >= 15 is 0 Å². The SMILES string of the molecule is CCCNCc1cncn1CC1(C)CCOCC1. The number of nitrogens with one attached hydrogen (secondary N) is 1. The predicted octanol–water partition coefficient (Wildman–Crippen LogP) is 2.20. The first-order valence-electron chi connectivity index (χ1n) is 7.01. The van der Waals surface area contributed by atoms with Crippen molar-refractivity contribution in [3.05, 3.63) is 18.2 Å². The van der Waals surface area contributed by atoms with Gasteiger partial charge in [-0.25, -0.2) is 4.98 Å². The van der Waals surface area contributed by atoms with Crippen molar-refractivity contribution in [2.24, 2.45) is 5.41 Å². The van der Waals surface area contributed by atoms with Crippen LogP contribution in [-0.4, -0.2) is 29.3 Å². The fraction of sp³-hybridized carbons (Fsp3) is 0.786. The molecule has 0 atom stereocenters. The van der Waals surface area contributed by atoms with Crippen molar-refractivity contribution in [3.8, 4) is 0 Å². The highest BCUT2D eigenvalue weighted by Crippen LogP contribution is 2.31. The summed E-state index contributed by atoms with van der Waals surface area (Å²) in [5.41, 5.74) is 1.65. The molecule has 2 rings (SSSR count). The second-order valence-corrected chi connectivity index (χ2v) is 5.61. The fourth-order valence-electron chi connectivity index (χ4n) is 2.46. The van der Waals surface area contributed by atoms with E-state index in [1.807, 2.05) is 12.5 Å². The molecule has 1 aromatic rings. The molecule has 2 heterocycles. The van der Waals surface area contributed by atoms with Crippen LogP contribution < -0.4 is 5.32 Å². The van der Waals surface area contributed by atoms with Crippen molar-refractivity contribution in [3.63, 3.8) is 0 Å². The van der Waals surface area contributed by atoms with Crippen LogP contribution in [0.4, 0.5) is 0 Å². The third kappa shape index (κ3) is 3.56. The quantitative estimate of drug-likeness (QED) is 0.788. The standard InChI is InChI=1S/C14H25N3O/c1-3-6-15-9-13-10-16-12-17(13)11-14(2)4-7-18-8-5-14/h10,12,15H,3-9,11H2,1-2H3. The molecule has 0 unspecified atom stereocenters. The van der Waals surface area contributed by atoms with Crippen LogP contribution >= 0.6 is 0 Å². The maximum absolute atomic E-state index is 5.46. The average Bonchev–Trinajstić information content (AvgIpc) is 2.77. The lowest BCUT2D eigenvalue weighted by molar-refractivity contribution is 0.0151. The Bertz CT molecular complexity index is 356. The molecule has 0 radical (unpaired) electrons. The first-order valence-corrected chi connectivity index (χ1v) is 7.01. The maximum atomic E-state index is 5.46. The summed E-state index contributed by atoms with van der Waals surface area (Å²) in [6.07, 6.45) is 7.40. The summed E-state index contributed by atoms with van der Waals surface area (Å²) in [4.78, 5) is 4.29. The lowest BCUT2D eigenvalue weighted by Crippen LogP contribution is -2.31. The molecular formula is C14H25N3O. The molecule has 1 aliphatic heterocycles. The summed E-state index contributed by atoms with van der Waals surface area (Å²) >= 11 is 0. The van der Waals surface area contributed by atoms with Gasteiger partial charge in [0.25, 0.3) is 0 Å². The van der Waals surface area contributed by atoms with Crippen LogP contribution in [0.15, 0.2) is 12.5 Å². The van der Waals surface area contributed by atoms with E-state index in [2.05, 4.69) is 28.7 Å². The zero-order chi connectivity index (χ0) is 12.8. The molecule has 4 nitrogen and oxygen atoms in total. The smallest absolute Gasteiger partial charge is 0.0948 e.